The Morgan fingerprint density at radius 3 is 2.67 bits per heavy atom. The molecule has 0 bridgehead atoms. The fourth-order valence-corrected chi connectivity index (χ4v) is 2.77. The summed E-state index contributed by atoms with van der Waals surface area (Å²) in [6.07, 6.45) is 3.03. The summed E-state index contributed by atoms with van der Waals surface area (Å²) < 4.78 is 0. The second-order valence-electron chi connectivity index (χ2n) is 5.45. The summed E-state index contributed by atoms with van der Waals surface area (Å²) in [6.45, 7) is 6.27. The highest BCUT2D eigenvalue weighted by Gasteiger charge is 2.29. The van der Waals surface area contributed by atoms with E-state index in [0.29, 0.717) is 6.54 Å². The molecule has 1 heterocycles. The number of nitrogens with zero attached hydrogens (tertiary/aromatic N) is 2. The molecule has 112 valence electrons. The second-order valence-corrected chi connectivity index (χ2v) is 5.45. The lowest BCUT2D eigenvalue weighted by molar-refractivity contribution is -0.140. The minimum Gasteiger partial charge on any atom is -0.334 e. The van der Waals surface area contributed by atoms with Crippen LogP contribution in [0.1, 0.15) is 24.5 Å². The van der Waals surface area contributed by atoms with Crippen molar-refractivity contribution >= 4 is 11.8 Å². The number of benzene rings is 1. The second kappa shape index (κ2) is 6.57. The van der Waals surface area contributed by atoms with E-state index < -0.39 is 0 Å². The number of rotatable bonds is 4. The topological polar surface area (TPSA) is 40.6 Å². The maximum absolute atomic E-state index is 12.5. The molecule has 1 aliphatic heterocycles. The van der Waals surface area contributed by atoms with Crippen LogP contribution in [0.25, 0.3) is 0 Å². The molecule has 1 aromatic carbocycles. The van der Waals surface area contributed by atoms with Crippen molar-refractivity contribution in [1.29, 1.82) is 0 Å². The van der Waals surface area contributed by atoms with Crippen molar-refractivity contribution in [2.45, 2.75) is 32.4 Å². The van der Waals surface area contributed by atoms with E-state index in [0.717, 1.165) is 12.8 Å². The van der Waals surface area contributed by atoms with Gasteiger partial charge in [-0.25, -0.2) is 0 Å². The van der Waals surface area contributed by atoms with E-state index in [1.807, 2.05) is 17.0 Å². The highest BCUT2D eigenvalue weighted by molar-refractivity contribution is 5.90. The number of fused-ring (bicyclic) bond motifs is 1. The number of carbonyl (C=O) groups is 2. The standard InChI is InChI=1S/C17H22N2O2/c1-4-15-10-13-8-6-7-9-14(13)11-19(15)17(21)12-18(3)16(20)5-2/h5-9,15H,2,4,10-12H2,1,3H3. The van der Waals surface area contributed by atoms with E-state index >= 15 is 0 Å². The minimum absolute atomic E-state index is 0.00551. The summed E-state index contributed by atoms with van der Waals surface area (Å²) in [5.74, 6) is -0.233. The van der Waals surface area contributed by atoms with Crippen molar-refractivity contribution in [1.82, 2.24) is 9.80 Å². The average molecular weight is 286 g/mol. The molecule has 4 heteroatoms. The summed E-state index contributed by atoms with van der Waals surface area (Å²) >= 11 is 0. The molecule has 1 aromatic rings. The molecule has 0 radical (unpaired) electrons. The van der Waals surface area contributed by atoms with Gasteiger partial charge in [0, 0.05) is 19.6 Å². The largest absolute Gasteiger partial charge is 0.334 e. The Kier molecular flexibility index (Phi) is 4.78. The van der Waals surface area contributed by atoms with Gasteiger partial charge in [0.25, 0.3) is 0 Å². The van der Waals surface area contributed by atoms with Gasteiger partial charge < -0.3 is 9.80 Å². The highest BCUT2D eigenvalue weighted by atomic mass is 16.2. The molecule has 0 aliphatic carbocycles. The molecule has 2 amide bonds. The first-order valence-corrected chi connectivity index (χ1v) is 7.30. The van der Waals surface area contributed by atoms with Gasteiger partial charge in [-0.1, -0.05) is 37.8 Å². The quantitative estimate of drug-likeness (QED) is 0.794. The van der Waals surface area contributed by atoms with Crippen LogP contribution >= 0.6 is 0 Å². The molecular weight excluding hydrogens is 264 g/mol. The Balaban J connectivity index is 2.13. The first-order valence-electron chi connectivity index (χ1n) is 7.30. The van der Waals surface area contributed by atoms with Gasteiger partial charge in [0.1, 0.15) is 0 Å². The Bertz CT molecular complexity index is 553. The smallest absolute Gasteiger partial charge is 0.246 e. The molecule has 21 heavy (non-hydrogen) atoms. The zero-order valence-electron chi connectivity index (χ0n) is 12.7. The summed E-state index contributed by atoms with van der Waals surface area (Å²) in [5, 5.41) is 0. The summed E-state index contributed by atoms with van der Waals surface area (Å²) in [4.78, 5) is 27.3. The van der Waals surface area contributed by atoms with Gasteiger partial charge in [-0.2, -0.15) is 0 Å². The van der Waals surface area contributed by atoms with Crippen molar-refractivity contribution in [3.05, 3.63) is 48.0 Å². The van der Waals surface area contributed by atoms with E-state index in [-0.39, 0.29) is 24.4 Å². The van der Waals surface area contributed by atoms with Crippen molar-refractivity contribution in [3.8, 4) is 0 Å². The van der Waals surface area contributed by atoms with Crippen LogP contribution in [-0.2, 0) is 22.6 Å². The lowest BCUT2D eigenvalue weighted by atomic mass is 9.92. The average Bonchev–Trinajstić information content (AvgIpc) is 2.52. The van der Waals surface area contributed by atoms with Crippen LogP contribution in [-0.4, -0.2) is 41.2 Å². The van der Waals surface area contributed by atoms with Gasteiger partial charge in [0.15, 0.2) is 0 Å². The Morgan fingerprint density at radius 2 is 2.05 bits per heavy atom. The van der Waals surface area contributed by atoms with Crippen molar-refractivity contribution in [2.24, 2.45) is 0 Å². The van der Waals surface area contributed by atoms with Crippen LogP contribution in [0, 0.1) is 0 Å². The fraction of sp³-hybridized carbons (Fsp3) is 0.412. The molecule has 1 atom stereocenters. The van der Waals surface area contributed by atoms with Gasteiger partial charge in [-0.15, -0.1) is 0 Å². The zero-order valence-corrected chi connectivity index (χ0v) is 12.7. The minimum atomic E-state index is -0.228. The van der Waals surface area contributed by atoms with E-state index in [1.165, 1.54) is 22.1 Å². The molecule has 0 N–H and O–H groups in total. The molecule has 1 unspecified atom stereocenters. The van der Waals surface area contributed by atoms with Gasteiger partial charge in [-0.05, 0) is 30.0 Å². The van der Waals surface area contributed by atoms with Gasteiger partial charge in [0.2, 0.25) is 11.8 Å². The summed E-state index contributed by atoms with van der Waals surface area (Å²) in [5.41, 5.74) is 2.53. The number of hydrogen-bond donors (Lipinski definition) is 0. The molecule has 0 fully saturated rings. The Labute approximate surface area is 126 Å². The molecule has 0 saturated heterocycles. The van der Waals surface area contributed by atoms with Gasteiger partial charge in [-0.3, -0.25) is 9.59 Å². The number of hydrogen-bond acceptors (Lipinski definition) is 2. The van der Waals surface area contributed by atoms with Crippen LogP contribution in [0.3, 0.4) is 0 Å². The van der Waals surface area contributed by atoms with Gasteiger partial charge >= 0.3 is 0 Å². The predicted octanol–water partition coefficient (Wildman–Crippen LogP) is 1.99. The molecule has 4 nitrogen and oxygen atoms in total. The molecule has 0 aromatic heterocycles. The van der Waals surface area contributed by atoms with E-state index in [9.17, 15) is 9.59 Å². The molecule has 2 rings (SSSR count). The lowest BCUT2D eigenvalue weighted by Crippen LogP contribution is -2.48. The number of amides is 2. The van der Waals surface area contributed by atoms with Crippen LogP contribution < -0.4 is 0 Å². The number of likely N-dealkylation sites (N-methyl/N-ethyl adjacent to an activating group) is 1. The number of carbonyl (C=O) groups excluding carboxylic acids is 2. The third-order valence-electron chi connectivity index (χ3n) is 4.07. The Morgan fingerprint density at radius 1 is 1.38 bits per heavy atom. The summed E-state index contributed by atoms with van der Waals surface area (Å²) in [7, 11) is 1.63. The maximum Gasteiger partial charge on any atom is 0.246 e. The third-order valence-corrected chi connectivity index (χ3v) is 4.07. The first-order chi connectivity index (χ1) is 10.1. The third kappa shape index (κ3) is 3.32. The zero-order chi connectivity index (χ0) is 15.4. The van der Waals surface area contributed by atoms with Crippen LogP contribution in [0.5, 0.6) is 0 Å². The maximum atomic E-state index is 12.5. The predicted molar refractivity (Wildman–Crippen MR) is 82.6 cm³/mol. The van der Waals surface area contributed by atoms with Crippen LogP contribution in [0.2, 0.25) is 0 Å². The van der Waals surface area contributed by atoms with Crippen molar-refractivity contribution in [2.75, 3.05) is 13.6 Å². The van der Waals surface area contributed by atoms with E-state index in [4.69, 9.17) is 0 Å². The van der Waals surface area contributed by atoms with Crippen LogP contribution in [0.4, 0.5) is 0 Å². The van der Waals surface area contributed by atoms with Crippen LogP contribution in [0.15, 0.2) is 36.9 Å². The van der Waals surface area contributed by atoms with Gasteiger partial charge in [0.05, 0.1) is 6.54 Å². The first kappa shape index (κ1) is 15.3. The SMILES string of the molecule is C=CC(=O)N(C)CC(=O)N1Cc2ccccc2CC1CC. The van der Waals surface area contributed by atoms with E-state index in [1.54, 1.807) is 7.05 Å². The van der Waals surface area contributed by atoms with E-state index in [2.05, 4.69) is 25.6 Å². The molecule has 1 aliphatic rings. The van der Waals surface area contributed by atoms with Crippen molar-refractivity contribution in [3.63, 3.8) is 0 Å². The van der Waals surface area contributed by atoms with Crippen molar-refractivity contribution < 1.29 is 9.59 Å². The highest BCUT2D eigenvalue weighted by Crippen LogP contribution is 2.25. The lowest BCUT2D eigenvalue weighted by Gasteiger charge is -2.37. The fourth-order valence-electron chi connectivity index (χ4n) is 2.77. The Hall–Kier alpha value is -2.10. The normalized spacial score (nSPS) is 17.0. The molecular formula is C17H22N2O2. The molecule has 0 saturated carbocycles. The monoisotopic (exact) mass is 286 g/mol. The summed E-state index contributed by atoms with van der Waals surface area (Å²) in [6, 6.07) is 8.45. The molecule has 0 spiro atoms.